The maximum absolute atomic E-state index is 10.5. The molecule has 1 aromatic rings. The van der Waals surface area contributed by atoms with Crippen molar-refractivity contribution in [2.75, 3.05) is 5.32 Å². The van der Waals surface area contributed by atoms with Gasteiger partial charge in [-0.05, 0) is 22.7 Å². The van der Waals surface area contributed by atoms with E-state index in [1.165, 1.54) is 6.33 Å². The highest BCUT2D eigenvalue weighted by molar-refractivity contribution is 5.53. The van der Waals surface area contributed by atoms with Gasteiger partial charge in [-0.1, -0.05) is 0 Å². The highest BCUT2D eigenvalue weighted by atomic mass is 16.6. The molecule has 6 nitrogen and oxygen atoms in total. The quantitative estimate of drug-likeness (QED) is 0.556. The predicted octanol–water partition coefficient (Wildman–Crippen LogP) is 0.903. The standard InChI is InChI=1S/C7H10N4O2/c1-10-4-8-6(11(12)13)7(10)9-5-2-3-5/h4-5,9H,2-3H2,1H3. The van der Waals surface area contributed by atoms with E-state index in [9.17, 15) is 10.1 Å². The summed E-state index contributed by atoms with van der Waals surface area (Å²) < 4.78 is 1.64. The van der Waals surface area contributed by atoms with Crippen LogP contribution in [-0.4, -0.2) is 20.5 Å². The lowest BCUT2D eigenvalue weighted by molar-refractivity contribution is -0.388. The fourth-order valence-corrected chi connectivity index (χ4v) is 1.14. The summed E-state index contributed by atoms with van der Waals surface area (Å²) in [5.41, 5.74) is 0. The SMILES string of the molecule is Cn1cnc([N+](=O)[O-])c1NC1CC1. The third-order valence-electron chi connectivity index (χ3n) is 2.01. The topological polar surface area (TPSA) is 73.0 Å². The molecule has 70 valence electrons. The van der Waals surface area contributed by atoms with E-state index >= 15 is 0 Å². The van der Waals surface area contributed by atoms with Crippen LogP contribution in [0.15, 0.2) is 6.33 Å². The molecule has 1 saturated carbocycles. The summed E-state index contributed by atoms with van der Waals surface area (Å²) in [4.78, 5) is 13.8. The van der Waals surface area contributed by atoms with Gasteiger partial charge in [0.15, 0.2) is 0 Å². The highest BCUT2D eigenvalue weighted by Crippen LogP contribution is 2.29. The van der Waals surface area contributed by atoms with Crippen LogP contribution in [-0.2, 0) is 7.05 Å². The average molecular weight is 182 g/mol. The molecule has 0 amide bonds. The molecule has 13 heavy (non-hydrogen) atoms. The summed E-state index contributed by atoms with van der Waals surface area (Å²) in [5, 5.41) is 13.6. The van der Waals surface area contributed by atoms with Gasteiger partial charge in [-0.3, -0.25) is 4.57 Å². The molecule has 1 N–H and O–H groups in total. The number of nitro groups is 1. The number of anilines is 1. The zero-order valence-corrected chi connectivity index (χ0v) is 7.23. The van der Waals surface area contributed by atoms with Crippen molar-refractivity contribution in [3.63, 3.8) is 0 Å². The fourth-order valence-electron chi connectivity index (χ4n) is 1.14. The second kappa shape index (κ2) is 2.72. The molecule has 1 aliphatic carbocycles. The number of nitrogens with zero attached hydrogens (tertiary/aromatic N) is 3. The van der Waals surface area contributed by atoms with Gasteiger partial charge < -0.3 is 15.4 Å². The molecular formula is C7H10N4O2. The Hall–Kier alpha value is -1.59. The maximum atomic E-state index is 10.5. The first-order valence-corrected chi connectivity index (χ1v) is 4.10. The molecule has 1 heterocycles. The molecule has 6 heteroatoms. The maximum Gasteiger partial charge on any atom is 0.406 e. The monoisotopic (exact) mass is 182 g/mol. The van der Waals surface area contributed by atoms with Crippen LogP contribution in [0.1, 0.15) is 12.8 Å². The minimum Gasteiger partial charge on any atom is -0.362 e. The van der Waals surface area contributed by atoms with Gasteiger partial charge in [0.25, 0.3) is 0 Å². The molecule has 1 aliphatic rings. The molecule has 0 aliphatic heterocycles. The van der Waals surface area contributed by atoms with Gasteiger partial charge in [-0.15, -0.1) is 0 Å². The van der Waals surface area contributed by atoms with Crippen LogP contribution in [0.3, 0.4) is 0 Å². The number of hydrogen-bond acceptors (Lipinski definition) is 4. The van der Waals surface area contributed by atoms with Gasteiger partial charge in [0.2, 0.25) is 12.1 Å². The number of aromatic nitrogens is 2. The van der Waals surface area contributed by atoms with Gasteiger partial charge in [0.1, 0.15) is 0 Å². The van der Waals surface area contributed by atoms with E-state index in [1.807, 2.05) is 0 Å². The molecule has 0 spiro atoms. The van der Waals surface area contributed by atoms with E-state index in [2.05, 4.69) is 10.3 Å². The molecule has 1 aromatic heterocycles. The lowest BCUT2D eigenvalue weighted by atomic mass is 10.5. The van der Waals surface area contributed by atoms with Crippen LogP contribution < -0.4 is 5.32 Å². The first-order chi connectivity index (χ1) is 6.18. The van der Waals surface area contributed by atoms with Crippen molar-refractivity contribution in [2.24, 2.45) is 7.05 Å². The molecule has 1 fully saturated rings. The zero-order valence-electron chi connectivity index (χ0n) is 7.23. The number of hydrogen-bond donors (Lipinski definition) is 1. The second-order valence-electron chi connectivity index (χ2n) is 3.20. The summed E-state index contributed by atoms with van der Waals surface area (Å²) in [7, 11) is 1.74. The van der Waals surface area contributed by atoms with Gasteiger partial charge in [-0.25, -0.2) is 0 Å². The van der Waals surface area contributed by atoms with Crippen molar-refractivity contribution < 1.29 is 4.92 Å². The Morgan fingerprint density at radius 2 is 2.46 bits per heavy atom. The normalized spacial score (nSPS) is 15.8. The molecule has 0 atom stereocenters. The highest BCUT2D eigenvalue weighted by Gasteiger charge is 2.27. The summed E-state index contributed by atoms with van der Waals surface area (Å²) in [6.07, 6.45) is 3.62. The van der Waals surface area contributed by atoms with Crippen LogP contribution in [0.4, 0.5) is 11.6 Å². The van der Waals surface area contributed by atoms with Crippen molar-refractivity contribution in [3.8, 4) is 0 Å². The largest absolute Gasteiger partial charge is 0.406 e. The molecule has 2 rings (SSSR count). The number of rotatable bonds is 3. The Kier molecular flexibility index (Phi) is 1.68. The minimum atomic E-state index is -0.468. The second-order valence-corrected chi connectivity index (χ2v) is 3.20. The summed E-state index contributed by atoms with van der Waals surface area (Å²) in [6.45, 7) is 0. The number of nitrogens with one attached hydrogen (secondary N) is 1. The minimum absolute atomic E-state index is 0.0885. The predicted molar refractivity (Wildman–Crippen MR) is 46.5 cm³/mol. The van der Waals surface area contributed by atoms with Crippen LogP contribution in [0.2, 0.25) is 0 Å². The van der Waals surface area contributed by atoms with E-state index in [0.29, 0.717) is 11.9 Å². The average Bonchev–Trinajstić information content (AvgIpc) is 2.78. The Balaban J connectivity index is 2.27. The van der Waals surface area contributed by atoms with Gasteiger partial charge >= 0.3 is 5.82 Å². The number of imidazole rings is 1. The summed E-state index contributed by atoms with van der Waals surface area (Å²) >= 11 is 0. The third kappa shape index (κ3) is 1.47. The first kappa shape index (κ1) is 8.03. The van der Waals surface area contributed by atoms with E-state index in [1.54, 1.807) is 11.6 Å². The first-order valence-electron chi connectivity index (χ1n) is 4.10. The molecular weight excluding hydrogens is 172 g/mol. The van der Waals surface area contributed by atoms with Crippen LogP contribution in [0.5, 0.6) is 0 Å². The lowest BCUT2D eigenvalue weighted by Gasteiger charge is -2.02. The van der Waals surface area contributed by atoms with Gasteiger partial charge in [0, 0.05) is 13.1 Å². The Labute approximate surface area is 74.7 Å². The van der Waals surface area contributed by atoms with Crippen molar-refractivity contribution >= 4 is 11.6 Å². The molecule has 0 saturated heterocycles. The van der Waals surface area contributed by atoms with Crippen LogP contribution in [0.25, 0.3) is 0 Å². The Morgan fingerprint density at radius 3 is 3.00 bits per heavy atom. The number of aryl methyl sites for hydroxylation is 1. The van der Waals surface area contributed by atoms with Gasteiger partial charge in [-0.2, -0.15) is 0 Å². The Bertz CT molecular complexity index is 342. The lowest BCUT2D eigenvalue weighted by Crippen LogP contribution is -2.07. The van der Waals surface area contributed by atoms with Crippen molar-refractivity contribution in [1.29, 1.82) is 0 Å². The van der Waals surface area contributed by atoms with Crippen LogP contribution in [0, 0.1) is 10.1 Å². The van der Waals surface area contributed by atoms with Crippen molar-refractivity contribution in [2.45, 2.75) is 18.9 Å². The summed E-state index contributed by atoms with van der Waals surface area (Å²) in [5.74, 6) is 0.418. The summed E-state index contributed by atoms with van der Waals surface area (Å²) in [6, 6.07) is 0.397. The fraction of sp³-hybridized carbons (Fsp3) is 0.571. The van der Waals surface area contributed by atoms with Gasteiger partial charge in [0.05, 0.1) is 0 Å². The van der Waals surface area contributed by atoms with Crippen LogP contribution >= 0.6 is 0 Å². The molecule has 0 aromatic carbocycles. The smallest absolute Gasteiger partial charge is 0.362 e. The van der Waals surface area contributed by atoms with E-state index in [4.69, 9.17) is 0 Å². The van der Waals surface area contributed by atoms with E-state index < -0.39 is 4.92 Å². The molecule has 0 unspecified atom stereocenters. The van der Waals surface area contributed by atoms with Crippen molar-refractivity contribution in [3.05, 3.63) is 16.4 Å². The zero-order chi connectivity index (χ0) is 9.42. The van der Waals surface area contributed by atoms with Crippen molar-refractivity contribution in [1.82, 2.24) is 9.55 Å². The third-order valence-corrected chi connectivity index (χ3v) is 2.01. The Morgan fingerprint density at radius 1 is 1.77 bits per heavy atom. The molecule has 0 radical (unpaired) electrons. The van der Waals surface area contributed by atoms with E-state index in [-0.39, 0.29) is 5.82 Å². The van der Waals surface area contributed by atoms with E-state index in [0.717, 1.165) is 12.8 Å². The molecule has 0 bridgehead atoms.